The van der Waals surface area contributed by atoms with E-state index in [1.54, 1.807) is 0 Å². The Hall–Kier alpha value is -1.35. The van der Waals surface area contributed by atoms with E-state index < -0.39 is 0 Å². The Morgan fingerprint density at radius 2 is 2.12 bits per heavy atom. The summed E-state index contributed by atoms with van der Waals surface area (Å²) in [6.07, 6.45) is 1.82. The minimum absolute atomic E-state index is 0.116. The molecule has 0 unspecified atom stereocenters. The van der Waals surface area contributed by atoms with Crippen LogP contribution in [0.1, 0.15) is 28.8 Å². The van der Waals surface area contributed by atoms with Gasteiger partial charge in [-0.1, -0.05) is 17.7 Å². The van der Waals surface area contributed by atoms with E-state index in [9.17, 15) is 4.79 Å². The summed E-state index contributed by atoms with van der Waals surface area (Å²) in [6.45, 7) is 3.76. The van der Waals surface area contributed by atoms with Gasteiger partial charge in [0.25, 0.3) is 5.91 Å². The van der Waals surface area contributed by atoms with E-state index in [2.05, 4.69) is 0 Å². The fraction of sp³-hybridized carbons (Fsp3) is 0.500. The highest BCUT2D eigenvalue weighted by molar-refractivity contribution is 5.94. The van der Waals surface area contributed by atoms with Gasteiger partial charge in [-0.2, -0.15) is 0 Å². The lowest BCUT2D eigenvalue weighted by Crippen LogP contribution is -2.39. The van der Waals surface area contributed by atoms with Crippen LogP contribution in [0.5, 0.6) is 0 Å². The molecule has 1 aliphatic heterocycles. The molecule has 3 heteroatoms. The van der Waals surface area contributed by atoms with Gasteiger partial charge in [0.2, 0.25) is 0 Å². The summed E-state index contributed by atoms with van der Waals surface area (Å²) >= 11 is 0. The average molecular weight is 233 g/mol. The Morgan fingerprint density at radius 3 is 2.71 bits per heavy atom. The van der Waals surface area contributed by atoms with Crippen LogP contribution in [-0.4, -0.2) is 35.6 Å². The van der Waals surface area contributed by atoms with Crippen molar-refractivity contribution in [2.75, 3.05) is 19.7 Å². The number of benzene rings is 1. The number of amides is 1. The Morgan fingerprint density at radius 1 is 1.41 bits per heavy atom. The maximum Gasteiger partial charge on any atom is 0.253 e. The number of piperidine rings is 1. The first-order valence-corrected chi connectivity index (χ1v) is 6.17. The first-order valence-electron chi connectivity index (χ1n) is 6.17. The van der Waals surface area contributed by atoms with Gasteiger partial charge in [0.15, 0.2) is 0 Å². The molecule has 3 nitrogen and oxygen atoms in total. The summed E-state index contributed by atoms with van der Waals surface area (Å²) < 4.78 is 0. The molecule has 1 amide bonds. The van der Waals surface area contributed by atoms with Gasteiger partial charge in [-0.15, -0.1) is 0 Å². The van der Waals surface area contributed by atoms with Gasteiger partial charge in [0, 0.05) is 25.3 Å². The lowest BCUT2D eigenvalue weighted by atomic mass is 9.97. The topological polar surface area (TPSA) is 40.5 Å². The van der Waals surface area contributed by atoms with Gasteiger partial charge in [-0.05, 0) is 37.8 Å². The SMILES string of the molecule is Cc1cccc(C(=O)N2CCC(CO)CC2)c1. The first kappa shape index (κ1) is 12.1. The largest absolute Gasteiger partial charge is 0.396 e. The summed E-state index contributed by atoms with van der Waals surface area (Å²) in [7, 11) is 0. The smallest absolute Gasteiger partial charge is 0.253 e. The minimum atomic E-state index is 0.116. The van der Waals surface area contributed by atoms with Crippen LogP contribution < -0.4 is 0 Å². The third kappa shape index (κ3) is 2.86. The number of aliphatic hydroxyl groups excluding tert-OH is 1. The molecule has 2 rings (SSSR count). The number of aliphatic hydroxyl groups is 1. The number of rotatable bonds is 2. The molecule has 1 saturated heterocycles. The zero-order valence-electron chi connectivity index (χ0n) is 10.2. The summed E-state index contributed by atoms with van der Waals surface area (Å²) in [6, 6.07) is 7.71. The van der Waals surface area contributed by atoms with Gasteiger partial charge < -0.3 is 10.0 Å². The Kier molecular flexibility index (Phi) is 3.79. The summed E-state index contributed by atoms with van der Waals surface area (Å²) in [5, 5.41) is 9.07. The van der Waals surface area contributed by atoms with Crippen molar-refractivity contribution in [1.29, 1.82) is 0 Å². The number of hydrogen-bond donors (Lipinski definition) is 1. The van der Waals surface area contributed by atoms with Crippen LogP contribution in [0.25, 0.3) is 0 Å². The van der Waals surface area contributed by atoms with Crippen molar-refractivity contribution in [2.45, 2.75) is 19.8 Å². The second-order valence-electron chi connectivity index (χ2n) is 4.79. The number of carbonyl (C=O) groups excluding carboxylic acids is 1. The van der Waals surface area contributed by atoms with Crippen molar-refractivity contribution < 1.29 is 9.90 Å². The van der Waals surface area contributed by atoms with Crippen LogP contribution in [0, 0.1) is 12.8 Å². The lowest BCUT2D eigenvalue weighted by Gasteiger charge is -2.31. The van der Waals surface area contributed by atoms with Crippen molar-refractivity contribution in [3.63, 3.8) is 0 Å². The lowest BCUT2D eigenvalue weighted by molar-refractivity contribution is 0.0651. The molecule has 17 heavy (non-hydrogen) atoms. The van der Waals surface area contributed by atoms with Gasteiger partial charge in [-0.3, -0.25) is 4.79 Å². The van der Waals surface area contributed by atoms with Crippen molar-refractivity contribution in [3.8, 4) is 0 Å². The second-order valence-corrected chi connectivity index (χ2v) is 4.79. The molecule has 0 spiro atoms. The third-order valence-corrected chi connectivity index (χ3v) is 3.42. The number of carbonyl (C=O) groups is 1. The predicted octanol–water partition coefficient (Wildman–Crippen LogP) is 1.84. The van der Waals surface area contributed by atoms with Crippen LogP contribution in [0.4, 0.5) is 0 Å². The highest BCUT2D eigenvalue weighted by atomic mass is 16.3. The molecule has 0 saturated carbocycles. The highest BCUT2D eigenvalue weighted by Gasteiger charge is 2.22. The Labute approximate surface area is 102 Å². The van der Waals surface area contributed by atoms with Crippen LogP contribution in [0.2, 0.25) is 0 Å². The molecule has 0 bridgehead atoms. The normalized spacial score (nSPS) is 17.2. The zero-order valence-corrected chi connectivity index (χ0v) is 10.2. The zero-order chi connectivity index (χ0) is 12.3. The molecule has 0 atom stereocenters. The van der Waals surface area contributed by atoms with E-state index in [1.165, 1.54) is 0 Å². The van der Waals surface area contributed by atoms with Gasteiger partial charge in [-0.25, -0.2) is 0 Å². The van der Waals surface area contributed by atoms with Crippen LogP contribution in [0.15, 0.2) is 24.3 Å². The fourth-order valence-corrected chi connectivity index (χ4v) is 2.28. The molecule has 1 aliphatic rings. The summed E-state index contributed by atoms with van der Waals surface area (Å²) in [5.41, 5.74) is 1.88. The Balaban J connectivity index is 2.02. The van der Waals surface area contributed by atoms with Crippen molar-refractivity contribution in [1.82, 2.24) is 4.90 Å². The van der Waals surface area contributed by atoms with Crippen molar-refractivity contribution in [2.24, 2.45) is 5.92 Å². The molecular weight excluding hydrogens is 214 g/mol. The van der Waals surface area contributed by atoms with E-state index in [-0.39, 0.29) is 12.5 Å². The van der Waals surface area contributed by atoms with E-state index >= 15 is 0 Å². The molecule has 0 aromatic heterocycles. The van der Waals surface area contributed by atoms with Crippen LogP contribution in [-0.2, 0) is 0 Å². The number of hydrogen-bond acceptors (Lipinski definition) is 2. The van der Waals surface area contributed by atoms with Gasteiger partial charge >= 0.3 is 0 Å². The predicted molar refractivity (Wildman–Crippen MR) is 66.9 cm³/mol. The summed E-state index contributed by atoms with van der Waals surface area (Å²) in [5.74, 6) is 0.488. The molecule has 1 aromatic rings. The molecule has 0 aliphatic carbocycles. The van der Waals surface area contributed by atoms with Gasteiger partial charge in [0.1, 0.15) is 0 Å². The monoisotopic (exact) mass is 233 g/mol. The van der Waals surface area contributed by atoms with Crippen molar-refractivity contribution >= 4 is 5.91 Å². The first-order chi connectivity index (χ1) is 8.20. The molecule has 92 valence electrons. The molecule has 1 fully saturated rings. The quantitative estimate of drug-likeness (QED) is 0.846. The standard InChI is InChI=1S/C14H19NO2/c1-11-3-2-4-13(9-11)14(17)15-7-5-12(10-16)6-8-15/h2-4,9,12,16H,5-8,10H2,1H3. The maximum absolute atomic E-state index is 12.2. The molecule has 1 aromatic carbocycles. The summed E-state index contributed by atoms with van der Waals surface area (Å²) in [4.78, 5) is 14.1. The molecule has 1 heterocycles. The Bertz CT molecular complexity index is 395. The molecule has 0 radical (unpaired) electrons. The van der Waals surface area contributed by atoms with E-state index in [0.717, 1.165) is 37.1 Å². The third-order valence-electron chi connectivity index (χ3n) is 3.42. The second kappa shape index (κ2) is 5.32. The number of aryl methyl sites for hydroxylation is 1. The average Bonchev–Trinajstić information content (AvgIpc) is 2.38. The van der Waals surface area contributed by atoms with E-state index in [1.807, 2.05) is 36.1 Å². The fourth-order valence-electron chi connectivity index (χ4n) is 2.28. The van der Waals surface area contributed by atoms with E-state index in [0.29, 0.717) is 5.92 Å². The molecular formula is C14H19NO2. The van der Waals surface area contributed by atoms with E-state index in [4.69, 9.17) is 5.11 Å². The highest BCUT2D eigenvalue weighted by Crippen LogP contribution is 2.18. The van der Waals surface area contributed by atoms with Crippen molar-refractivity contribution in [3.05, 3.63) is 35.4 Å². The van der Waals surface area contributed by atoms with Gasteiger partial charge in [0.05, 0.1) is 0 Å². The number of nitrogens with zero attached hydrogens (tertiary/aromatic N) is 1. The van der Waals surface area contributed by atoms with Crippen LogP contribution >= 0.6 is 0 Å². The number of likely N-dealkylation sites (tertiary alicyclic amines) is 1. The maximum atomic E-state index is 12.2. The van der Waals surface area contributed by atoms with Crippen LogP contribution in [0.3, 0.4) is 0 Å². The molecule has 1 N–H and O–H groups in total. The minimum Gasteiger partial charge on any atom is -0.396 e.